The van der Waals surface area contributed by atoms with Gasteiger partial charge < -0.3 is 26.2 Å². The van der Waals surface area contributed by atoms with E-state index in [4.69, 9.17) is 15.4 Å². The van der Waals surface area contributed by atoms with Gasteiger partial charge in [-0.15, -0.1) is 0 Å². The Bertz CT molecular complexity index is 705. The van der Waals surface area contributed by atoms with Crippen LogP contribution < -0.4 is 5.72 Å². The molecule has 0 aliphatic rings. The van der Waals surface area contributed by atoms with Gasteiger partial charge in [0.05, 0.1) is 6.85 Å². The first-order chi connectivity index (χ1) is 12.0. The molecule has 0 aliphatic carbocycles. The summed E-state index contributed by atoms with van der Waals surface area (Å²) in [6.07, 6.45) is -3.55. The molecule has 2 atom stereocenters. The molecule has 0 saturated heterocycles. The number of nitrogens with two attached hydrogens (primary N) is 1. The van der Waals surface area contributed by atoms with E-state index in [9.17, 15) is 4.79 Å². The van der Waals surface area contributed by atoms with E-state index in [0.717, 1.165) is 0 Å². The zero-order chi connectivity index (χ0) is 20.4. The number of hydrogen-bond acceptors (Lipinski definition) is 6. The fourth-order valence-electron chi connectivity index (χ4n) is 0.702. The number of benzene rings is 1. The Morgan fingerprint density at radius 1 is 1.60 bits per heavy atom. The molecule has 0 saturated carbocycles. The summed E-state index contributed by atoms with van der Waals surface area (Å²) in [5, 5.41) is 15.6. The van der Waals surface area contributed by atoms with Gasteiger partial charge in [0.15, 0.2) is 11.5 Å². The maximum absolute atomic E-state index is 11.8. The average Bonchev–Trinajstić information content (AvgIpc) is 2.62. The first-order valence-electron chi connectivity index (χ1n) is 8.52. The highest BCUT2D eigenvalue weighted by Gasteiger charge is 2.24. The molecule has 0 aromatic heterocycles. The van der Waals surface area contributed by atoms with Crippen molar-refractivity contribution in [3.05, 3.63) is 23.7 Å². The van der Waals surface area contributed by atoms with Crippen LogP contribution in [0.4, 0.5) is 0 Å². The summed E-state index contributed by atoms with van der Waals surface area (Å²) < 4.78 is 81.2. The van der Waals surface area contributed by atoms with Gasteiger partial charge in [0.1, 0.15) is 14.9 Å². The van der Waals surface area contributed by atoms with Crippen molar-refractivity contribution in [2.45, 2.75) is 12.1 Å². The number of aliphatic carboxylic acids is 1. The molecule has 1 rings (SSSR count). The average molecular weight is 224 g/mol. The van der Waals surface area contributed by atoms with E-state index in [1.165, 1.54) is 0 Å². The van der Waals surface area contributed by atoms with Crippen LogP contribution >= 0.6 is 0 Å². The molecular weight excluding hydrogens is 202 g/mol. The second-order valence-electron chi connectivity index (χ2n) is 2.37. The maximum atomic E-state index is 11.8. The molecule has 82 valence electrons. The van der Waals surface area contributed by atoms with Gasteiger partial charge in [0.25, 0.3) is 4.29 Å². The molecule has 0 heterocycles. The van der Waals surface area contributed by atoms with Crippen molar-refractivity contribution in [1.82, 2.24) is 0 Å². The summed E-state index contributed by atoms with van der Waals surface area (Å²) in [6, 6.07) is -6.94. The lowest BCUT2D eigenvalue weighted by molar-refractivity contribution is -0.141. The molecule has 15 heavy (non-hydrogen) atoms. The van der Waals surface area contributed by atoms with Crippen LogP contribution in [0.15, 0.2) is 18.1 Å². The molecule has 0 aliphatic heterocycles. The molecule has 0 spiro atoms. The van der Waals surface area contributed by atoms with Gasteiger partial charge in [0, 0.05) is 0 Å². The van der Waals surface area contributed by atoms with Gasteiger partial charge in [-0.1, -0.05) is 6.04 Å². The van der Waals surface area contributed by atoms with Crippen LogP contribution in [0.5, 0.6) is 11.5 Å². The van der Waals surface area contributed by atoms with Gasteiger partial charge in [-0.25, -0.2) is 0 Å². The predicted octanol–water partition coefficient (Wildman–Crippen LogP) is -0.457. The number of aliphatic hydroxyl groups is 1. The minimum atomic E-state index is -3.63. The molecule has 0 amide bonds. The van der Waals surface area contributed by atoms with Crippen LogP contribution in [-0.4, -0.2) is 36.7 Å². The van der Waals surface area contributed by atoms with E-state index in [1.54, 1.807) is 0 Å². The Hall–Kier alpha value is -1.79. The van der Waals surface area contributed by atoms with Crippen molar-refractivity contribution in [3.8, 4) is 11.5 Å². The quantitative estimate of drug-likeness (QED) is 0.399. The highest BCUT2D eigenvalue weighted by atomic mass is 16.4. The van der Waals surface area contributed by atoms with Crippen LogP contribution in [0.25, 0.3) is 1.43 Å². The van der Waals surface area contributed by atoms with Crippen LogP contribution in [0, 0.1) is 0 Å². The summed E-state index contributed by atoms with van der Waals surface area (Å²) >= 11 is 0. The lowest BCUT2D eigenvalue weighted by Crippen LogP contribution is -2.36. The largest absolute Gasteiger partial charge is 0.504 e. The fourth-order valence-corrected chi connectivity index (χ4v) is 0.702. The molecule has 0 unspecified atom stereocenters. The molecule has 0 radical (unpaired) electrons. The van der Waals surface area contributed by atoms with Crippen LogP contribution in [0.3, 0.4) is 0 Å². The molecule has 0 bridgehead atoms. The lowest BCUT2D eigenvalue weighted by atomic mass is 10.0. The Kier molecular flexibility index (Phi) is 0.931. The Balaban J connectivity index is 4.01. The number of rotatable bonds is 7. The second-order valence-corrected chi connectivity index (χ2v) is 2.37. The number of phenolic OH excluding ortho intramolecular Hbond substituents is 2. The monoisotopic (exact) mass is 224 g/mol. The van der Waals surface area contributed by atoms with Crippen molar-refractivity contribution >= 4 is 5.97 Å². The van der Waals surface area contributed by atoms with Crippen molar-refractivity contribution in [2.75, 3.05) is 0 Å². The predicted molar refractivity (Wildman–Crippen MR) is 50.3 cm³/mol. The third-order valence-corrected chi connectivity index (χ3v) is 1.38. The first kappa shape index (κ1) is 3.36. The van der Waals surface area contributed by atoms with Crippen LogP contribution in [0.2, 0.25) is 2.82 Å². The third kappa shape index (κ3) is 2.36. The zero-order valence-corrected chi connectivity index (χ0v) is 6.99. The fraction of sp³-hybridized carbons (Fsp3) is 0.222. The number of carboxylic acids is 1. The lowest BCUT2D eigenvalue weighted by Gasteiger charge is -2.15. The molecule has 0 fully saturated rings. The minimum Gasteiger partial charge on any atom is -0.504 e. The van der Waals surface area contributed by atoms with Gasteiger partial charge >= 0.3 is 5.97 Å². The van der Waals surface area contributed by atoms with Crippen LogP contribution in [-0.2, 0) is 4.79 Å². The normalized spacial score (nSPS) is 28.5. The van der Waals surface area contributed by atoms with Crippen molar-refractivity contribution in [1.29, 1.82) is 5.72 Å². The number of aromatic hydroxyl groups is 2. The van der Waals surface area contributed by atoms with Crippen LogP contribution in [0.1, 0.15) is 18.5 Å². The van der Waals surface area contributed by atoms with E-state index < -0.39 is 59.0 Å². The van der Waals surface area contributed by atoms with Crippen molar-refractivity contribution in [3.63, 3.8) is 0 Å². The smallest absolute Gasteiger partial charge is 0.323 e. The SMILES string of the molecule is [2H]OC(=O)[C@@]([2H])(N([2H])[2H])[C@]([2H])(O[2H])c1c([2H])c([2H])c(O[2H])c(O[2H])c1[2H]. The van der Waals surface area contributed by atoms with Gasteiger partial charge in [-0.2, -0.15) is 0 Å². The standard InChI is InChI=1S/C9H11NO5/c10-7(9(14)15)8(13)4-1-2-5(11)6(12)3-4/h1-3,7-8,11-13H,10H2,(H,14,15)/t7-,8+/m0/s1/i1D,2D,3D,7D,8D,13D/hD5. The molecule has 1 aromatic carbocycles. The Labute approximate surface area is 101 Å². The summed E-state index contributed by atoms with van der Waals surface area (Å²) in [7, 11) is 0. The maximum Gasteiger partial charge on any atom is 0.323 e. The highest BCUT2D eigenvalue weighted by Crippen LogP contribution is 2.28. The minimum absolute atomic E-state index is 0.746. The molecule has 6 N–H and O–H groups in total. The number of carboxylic acid groups (broad SMARTS) is 1. The number of phenols is 2. The third-order valence-electron chi connectivity index (χ3n) is 1.38. The van der Waals surface area contributed by atoms with E-state index in [1.807, 2.05) is 0 Å². The second kappa shape index (κ2) is 4.16. The molecule has 6 heteroatoms. The Morgan fingerprint density at radius 2 is 2.47 bits per heavy atom. The van der Waals surface area contributed by atoms with E-state index in [-0.39, 0.29) is 0 Å². The number of carbonyl (C=O) groups is 1. The molecule has 6 nitrogen and oxygen atoms in total. The summed E-state index contributed by atoms with van der Waals surface area (Å²) in [5.74, 6) is -3.89. The van der Waals surface area contributed by atoms with Gasteiger partial charge in [-0.3, -0.25) is 4.79 Å². The van der Waals surface area contributed by atoms with E-state index >= 15 is 0 Å². The summed E-state index contributed by atoms with van der Waals surface area (Å²) in [5.41, 5.74) is -1.95. The van der Waals surface area contributed by atoms with E-state index in [2.05, 4.69) is 20.4 Å². The van der Waals surface area contributed by atoms with Gasteiger partial charge in [-0.05, 0) is 17.6 Å². The topological polar surface area (TPSA) is 124 Å². The van der Waals surface area contributed by atoms with Crippen molar-refractivity contribution in [2.24, 2.45) is 5.72 Å². The van der Waals surface area contributed by atoms with Gasteiger partial charge in [0.2, 0.25) is 1.43 Å². The highest BCUT2D eigenvalue weighted by molar-refractivity contribution is 5.74. The van der Waals surface area contributed by atoms with Crippen molar-refractivity contribution < 1.29 is 34.9 Å². The number of hydrogen-bond donors (Lipinski definition) is 5. The molecule has 1 aromatic rings. The molecular formula is C9H11NO5. The Morgan fingerprint density at radius 3 is 3.07 bits per heavy atom. The zero-order valence-electron chi connectivity index (χ0n) is 18.0. The van der Waals surface area contributed by atoms with E-state index in [0.29, 0.717) is 0 Å². The first-order valence-corrected chi connectivity index (χ1v) is 3.49. The summed E-state index contributed by atoms with van der Waals surface area (Å²) in [4.78, 5) is 11.8. The summed E-state index contributed by atoms with van der Waals surface area (Å²) in [6.45, 7) is 0.